The maximum absolute atomic E-state index is 12.9. The van der Waals surface area contributed by atoms with Gasteiger partial charge in [0.15, 0.2) is 0 Å². The van der Waals surface area contributed by atoms with Crippen LogP contribution in [-0.2, 0) is 15.9 Å². The minimum Gasteiger partial charge on any atom is -0.381 e. The molecule has 4 heteroatoms. The molecule has 112 valence electrons. The monoisotopic (exact) mass is 281 g/mol. The number of ether oxygens (including phenoxy) is 2. The molecule has 0 amide bonds. The van der Waals surface area contributed by atoms with E-state index in [0.29, 0.717) is 6.04 Å². The van der Waals surface area contributed by atoms with Crippen LogP contribution >= 0.6 is 0 Å². The molecule has 3 nitrogen and oxygen atoms in total. The van der Waals surface area contributed by atoms with E-state index in [1.165, 1.54) is 12.1 Å². The Balaban J connectivity index is 1.81. The van der Waals surface area contributed by atoms with Crippen LogP contribution in [0.4, 0.5) is 4.39 Å². The summed E-state index contributed by atoms with van der Waals surface area (Å²) in [7, 11) is 1.78. The fourth-order valence-electron chi connectivity index (χ4n) is 2.60. The molecule has 20 heavy (non-hydrogen) atoms. The first-order valence-electron chi connectivity index (χ1n) is 7.24. The fourth-order valence-corrected chi connectivity index (χ4v) is 2.60. The van der Waals surface area contributed by atoms with Gasteiger partial charge in [-0.25, -0.2) is 4.39 Å². The Hall–Kier alpha value is -0.970. The highest BCUT2D eigenvalue weighted by atomic mass is 19.1. The molecule has 1 N–H and O–H groups in total. The van der Waals surface area contributed by atoms with E-state index < -0.39 is 0 Å². The molecule has 2 rings (SSSR count). The average Bonchev–Trinajstić information content (AvgIpc) is 2.49. The van der Waals surface area contributed by atoms with Crippen LogP contribution in [-0.4, -0.2) is 38.5 Å². The second-order valence-electron chi connectivity index (χ2n) is 5.61. The van der Waals surface area contributed by atoms with E-state index in [-0.39, 0.29) is 11.4 Å². The van der Waals surface area contributed by atoms with Crippen molar-refractivity contribution in [2.45, 2.75) is 37.8 Å². The molecule has 1 aliphatic rings. The Morgan fingerprint density at radius 2 is 1.95 bits per heavy atom. The van der Waals surface area contributed by atoms with Crippen LogP contribution in [0.15, 0.2) is 24.3 Å². The van der Waals surface area contributed by atoms with E-state index >= 15 is 0 Å². The third-order valence-electron chi connectivity index (χ3n) is 4.06. The number of rotatable bonds is 6. The molecule has 0 aliphatic carbocycles. The van der Waals surface area contributed by atoms with Gasteiger partial charge < -0.3 is 14.8 Å². The van der Waals surface area contributed by atoms with Gasteiger partial charge in [-0.3, -0.25) is 0 Å². The standard InChI is InChI=1S/C16H24FNO2/c1-13(11-14-3-5-15(17)6-4-14)18-12-16(19-2)7-9-20-10-8-16/h3-6,13,18H,7-12H2,1-2H3/t13-/m0/s1. The largest absolute Gasteiger partial charge is 0.381 e. The van der Waals surface area contributed by atoms with Crippen molar-refractivity contribution in [3.8, 4) is 0 Å². The maximum Gasteiger partial charge on any atom is 0.123 e. The van der Waals surface area contributed by atoms with Crippen molar-refractivity contribution in [2.24, 2.45) is 0 Å². The normalized spacial score (nSPS) is 19.8. The van der Waals surface area contributed by atoms with Gasteiger partial charge in [-0.05, 0) is 31.0 Å². The van der Waals surface area contributed by atoms with Crippen LogP contribution in [0.2, 0.25) is 0 Å². The first kappa shape index (κ1) is 15.4. The van der Waals surface area contributed by atoms with Gasteiger partial charge in [-0.15, -0.1) is 0 Å². The minimum atomic E-state index is -0.185. The molecule has 1 heterocycles. The van der Waals surface area contributed by atoms with Crippen LogP contribution in [0.1, 0.15) is 25.3 Å². The Morgan fingerprint density at radius 3 is 2.55 bits per heavy atom. The molecule has 1 aliphatic heterocycles. The molecular formula is C16H24FNO2. The van der Waals surface area contributed by atoms with E-state index in [1.54, 1.807) is 7.11 Å². The molecule has 0 aromatic heterocycles. The van der Waals surface area contributed by atoms with Crippen molar-refractivity contribution in [1.29, 1.82) is 0 Å². The Bertz CT molecular complexity index is 401. The number of halogens is 1. The lowest BCUT2D eigenvalue weighted by Crippen LogP contribution is -2.49. The zero-order valence-electron chi connectivity index (χ0n) is 12.3. The summed E-state index contributed by atoms with van der Waals surface area (Å²) < 4.78 is 24.0. The lowest BCUT2D eigenvalue weighted by molar-refractivity contribution is -0.0884. The van der Waals surface area contributed by atoms with E-state index in [9.17, 15) is 4.39 Å². The van der Waals surface area contributed by atoms with Gasteiger partial charge in [-0.2, -0.15) is 0 Å². The van der Waals surface area contributed by atoms with Gasteiger partial charge in [0.1, 0.15) is 5.82 Å². The predicted octanol–water partition coefficient (Wildman–Crippen LogP) is 2.54. The van der Waals surface area contributed by atoms with E-state index in [1.807, 2.05) is 12.1 Å². The molecule has 1 fully saturated rings. The molecule has 0 spiro atoms. The van der Waals surface area contributed by atoms with Crippen LogP contribution < -0.4 is 5.32 Å². The molecule has 0 bridgehead atoms. The number of benzene rings is 1. The van der Waals surface area contributed by atoms with Gasteiger partial charge in [0.2, 0.25) is 0 Å². The number of methoxy groups -OCH3 is 1. The first-order valence-corrected chi connectivity index (χ1v) is 7.24. The highest BCUT2D eigenvalue weighted by Crippen LogP contribution is 2.23. The summed E-state index contributed by atoms with van der Waals surface area (Å²) in [5.41, 5.74) is 1.04. The van der Waals surface area contributed by atoms with Crippen molar-refractivity contribution >= 4 is 0 Å². The molecule has 1 aromatic rings. The second-order valence-corrected chi connectivity index (χ2v) is 5.61. The maximum atomic E-state index is 12.9. The molecule has 0 unspecified atom stereocenters. The van der Waals surface area contributed by atoms with E-state index in [2.05, 4.69) is 12.2 Å². The van der Waals surface area contributed by atoms with Crippen LogP contribution in [0.5, 0.6) is 0 Å². The van der Waals surface area contributed by atoms with Gasteiger partial charge in [0.25, 0.3) is 0 Å². The number of nitrogens with one attached hydrogen (secondary N) is 1. The third kappa shape index (κ3) is 4.27. The minimum absolute atomic E-state index is 0.102. The molecule has 1 atom stereocenters. The molecule has 0 radical (unpaired) electrons. The summed E-state index contributed by atoms with van der Waals surface area (Å²) in [6.07, 6.45) is 2.75. The van der Waals surface area contributed by atoms with Gasteiger partial charge in [-0.1, -0.05) is 12.1 Å². The summed E-state index contributed by atoms with van der Waals surface area (Å²) in [5.74, 6) is -0.185. The van der Waals surface area contributed by atoms with Gasteiger partial charge >= 0.3 is 0 Å². The Morgan fingerprint density at radius 1 is 1.30 bits per heavy atom. The van der Waals surface area contributed by atoms with Crippen LogP contribution in [0, 0.1) is 5.82 Å². The van der Waals surface area contributed by atoms with Crippen molar-refractivity contribution in [1.82, 2.24) is 5.32 Å². The second kappa shape index (κ2) is 7.16. The summed E-state index contributed by atoms with van der Waals surface area (Å²) in [6.45, 7) is 4.50. The zero-order valence-corrected chi connectivity index (χ0v) is 12.3. The van der Waals surface area contributed by atoms with Gasteiger partial charge in [0, 0.05) is 45.8 Å². The lowest BCUT2D eigenvalue weighted by Gasteiger charge is -2.37. The number of hydrogen-bond donors (Lipinski definition) is 1. The van der Waals surface area contributed by atoms with E-state index in [0.717, 1.165) is 44.6 Å². The SMILES string of the molecule is COC1(CN[C@@H](C)Cc2ccc(F)cc2)CCOCC1. The summed E-state index contributed by atoms with van der Waals surface area (Å²) >= 11 is 0. The Labute approximate surface area is 120 Å². The quantitative estimate of drug-likeness (QED) is 0.869. The smallest absolute Gasteiger partial charge is 0.123 e. The van der Waals surface area contributed by atoms with E-state index in [4.69, 9.17) is 9.47 Å². The molecule has 0 saturated carbocycles. The van der Waals surface area contributed by atoms with Crippen molar-refractivity contribution in [3.63, 3.8) is 0 Å². The van der Waals surface area contributed by atoms with Crippen molar-refractivity contribution in [2.75, 3.05) is 26.9 Å². The number of hydrogen-bond acceptors (Lipinski definition) is 3. The molecule has 1 saturated heterocycles. The summed E-state index contributed by atoms with van der Waals surface area (Å²) in [6, 6.07) is 7.03. The zero-order chi connectivity index (χ0) is 14.4. The lowest BCUT2D eigenvalue weighted by atomic mass is 9.93. The fraction of sp³-hybridized carbons (Fsp3) is 0.625. The third-order valence-corrected chi connectivity index (χ3v) is 4.06. The van der Waals surface area contributed by atoms with Crippen molar-refractivity contribution < 1.29 is 13.9 Å². The molecule has 1 aromatic carbocycles. The Kier molecular flexibility index (Phi) is 5.52. The van der Waals surface area contributed by atoms with Crippen molar-refractivity contribution in [3.05, 3.63) is 35.6 Å². The molecular weight excluding hydrogens is 257 g/mol. The van der Waals surface area contributed by atoms with Crippen LogP contribution in [0.25, 0.3) is 0 Å². The van der Waals surface area contributed by atoms with Gasteiger partial charge in [0.05, 0.1) is 5.60 Å². The van der Waals surface area contributed by atoms with Crippen LogP contribution in [0.3, 0.4) is 0 Å². The topological polar surface area (TPSA) is 30.5 Å². The first-order chi connectivity index (χ1) is 9.63. The average molecular weight is 281 g/mol. The summed E-state index contributed by atoms with van der Waals surface area (Å²) in [4.78, 5) is 0. The highest BCUT2D eigenvalue weighted by Gasteiger charge is 2.32. The summed E-state index contributed by atoms with van der Waals surface area (Å²) in [5, 5.41) is 3.53. The highest BCUT2D eigenvalue weighted by molar-refractivity contribution is 5.17. The predicted molar refractivity (Wildman–Crippen MR) is 77.4 cm³/mol.